The summed E-state index contributed by atoms with van der Waals surface area (Å²) in [5.74, 6) is -6.80. The Kier molecular flexibility index (Phi) is 16.6. The standard InChI is InChI=1S/C21H30O6.2C20H28O6/c1-4-11(3)18(22)25-16-13-10-12-14(19(23)26-17(12)16)15(13)20(24)27-21(5-2)8-6-7-9-21;1-4-10(2)17(21)24-15-12-9-11-13(18(22)25-16(11)15)14(12)19(23)26-20(3)7-5-6-8-20;1-3-10(2)18(21)25-16-12-9-13-15(20(23)26-17(13)16)14(12)19(22)24-11-7-5-4-6-8-11/h11-17H,4-10H2,1-3H3;10-16H,4-9H2,1-3H3;10-17H,3-9H2,1-2H3. The minimum absolute atomic E-state index is 0.0221. The SMILES string of the molecule is CCC(C)C(=O)OC1C2CC3C1OC(=O)C3C2C(=O)OC1(C)CCCC1.CCC(C)C(=O)OC1C2CC3C1OC(=O)C3C2C(=O)OC1(CC)CCCC1.CCC(C)C(=O)OC1C2CC3C1OC(=O)C3C2C(=O)OC1CCCCC1. The molecule has 12 aliphatic rings. The Morgan fingerprint density at radius 2 is 0.823 bits per heavy atom. The van der Waals surface area contributed by atoms with Gasteiger partial charge in [-0.15, -0.1) is 0 Å². The van der Waals surface area contributed by atoms with Gasteiger partial charge in [0.25, 0.3) is 0 Å². The van der Waals surface area contributed by atoms with Crippen LogP contribution in [-0.4, -0.2) is 108 Å². The molecule has 18 nitrogen and oxygen atoms in total. The molecular formula is C61H86O18. The maximum absolute atomic E-state index is 13.1. The van der Waals surface area contributed by atoms with Crippen molar-refractivity contribution in [2.75, 3.05) is 0 Å². The highest BCUT2D eigenvalue weighted by molar-refractivity contribution is 5.88. The summed E-state index contributed by atoms with van der Waals surface area (Å²) in [6.07, 6.45) is 15.1. The van der Waals surface area contributed by atoms with Crippen LogP contribution in [0.3, 0.4) is 0 Å². The van der Waals surface area contributed by atoms with Gasteiger partial charge in [-0.25, -0.2) is 0 Å². The van der Waals surface area contributed by atoms with E-state index in [0.29, 0.717) is 38.5 Å². The first kappa shape index (κ1) is 57.5. The molecule has 79 heavy (non-hydrogen) atoms. The van der Waals surface area contributed by atoms with Crippen molar-refractivity contribution in [1.82, 2.24) is 0 Å². The smallest absolute Gasteiger partial charge is 0.310 e. The first-order valence-corrected chi connectivity index (χ1v) is 30.6. The van der Waals surface area contributed by atoms with E-state index in [1.54, 1.807) is 0 Å². The van der Waals surface area contributed by atoms with Crippen molar-refractivity contribution in [2.45, 2.75) is 238 Å². The van der Waals surface area contributed by atoms with Gasteiger partial charge in [-0.1, -0.05) is 54.9 Å². The van der Waals surface area contributed by atoms with Gasteiger partial charge in [0.1, 0.15) is 53.9 Å². The van der Waals surface area contributed by atoms with E-state index in [1.165, 1.54) is 6.42 Å². The van der Waals surface area contributed by atoms with Crippen molar-refractivity contribution in [3.8, 4) is 0 Å². The van der Waals surface area contributed by atoms with Crippen molar-refractivity contribution in [2.24, 2.45) is 88.8 Å². The maximum Gasteiger partial charge on any atom is 0.310 e. The van der Waals surface area contributed by atoms with Gasteiger partial charge in [0.15, 0.2) is 0 Å². The summed E-state index contributed by atoms with van der Waals surface area (Å²) in [5, 5.41) is 0. The first-order valence-electron chi connectivity index (χ1n) is 30.6. The maximum atomic E-state index is 13.1. The summed E-state index contributed by atoms with van der Waals surface area (Å²) in [7, 11) is 0. The number of fused-ring (bicyclic) bond motifs is 3. The number of carbonyl (C=O) groups excluding carboxylic acids is 9. The van der Waals surface area contributed by atoms with Crippen LogP contribution < -0.4 is 0 Å². The summed E-state index contributed by atoms with van der Waals surface area (Å²) in [6, 6.07) is 0. The van der Waals surface area contributed by atoms with E-state index in [0.717, 1.165) is 83.5 Å². The molecule has 12 fully saturated rings. The molecule has 21 atom stereocenters. The lowest BCUT2D eigenvalue weighted by molar-refractivity contribution is -0.176. The summed E-state index contributed by atoms with van der Waals surface area (Å²) < 4.78 is 51.4. The molecule has 0 aromatic rings. The Labute approximate surface area is 464 Å². The topological polar surface area (TPSA) is 237 Å². The van der Waals surface area contributed by atoms with Crippen LogP contribution in [-0.2, 0) is 85.8 Å². The number of esters is 9. The molecule has 18 heteroatoms. The quantitative estimate of drug-likeness (QED) is 0.104. The fourth-order valence-corrected chi connectivity index (χ4v) is 16.4. The normalized spacial score (nSPS) is 39.7. The Morgan fingerprint density at radius 3 is 1.19 bits per heavy atom. The number of rotatable bonds is 16. The summed E-state index contributed by atoms with van der Waals surface area (Å²) in [5.41, 5.74) is -0.812. The molecule has 438 valence electrons. The Bertz CT molecular complexity index is 2360. The van der Waals surface area contributed by atoms with E-state index < -0.39 is 71.6 Å². The van der Waals surface area contributed by atoms with Crippen LogP contribution in [0.1, 0.15) is 184 Å². The Hall–Kier alpha value is -4.77. The third-order valence-electron chi connectivity index (χ3n) is 21.6. The number of hydrogen-bond acceptors (Lipinski definition) is 18. The van der Waals surface area contributed by atoms with Gasteiger partial charge in [-0.3, -0.25) is 43.2 Å². The van der Waals surface area contributed by atoms with E-state index >= 15 is 0 Å². The van der Waals surface area contributed by atoms with E-state index in [9.17, 15) is 43.2 Å². The molecular weight excluding hydrogens is 1020 g/mol. The highest BCUT2D eigenvalue weighted by Crippen LogP contribution is 2.62. The molecule has 0 amide bonds. The molecule has 0 radical (unpaired) electrons. The zero-order valence-corrected chi connectivity index (χ0v) is 47.7. The average Bonchev–Trinajstić information content (AvgIpc) is 4.50. The zero-order valence-electron chi connectivity index (χ0n) is 47.7. The highest BCUT2D eigenvalue weighted by Gasteiger charge is 2.73. The predicted molar refractivity (Wildman–Crippen MR) is 277 cm³/mol. The second kappa shape index (κ2) is 22.9. The van der Waals surface area contributed by atoms with Crippen LogP contribution in [0.15, 0.2) is 0 Å². The van der Waals surface area contributed by atoms with Crippen molar-refractivity contribution >= 4 is 53.7 Å². The lowest BCUT2D eigenvalue weighted by Crippen LogP contribution is -2.46. The zero-order chi connectivity index (χ0) is 56.4. The molecule has 21 unspecified atom stereocenters. The number of carbonyl (C=O) groups is 9. The minimum Gasteiger partial charge on any atom is -0.462 e. The van der Waals surface area contributed by atoms with Gasteiger partial charge >= 0.3 is 53.7 Å². The summed E-state index contributed by atoms with van der Waals surface area (Å²) in [6.45, 7) is 15.3. The van der Waals surface area contributed by atoms with Gasteiger partial charge in [0, 0.05) is 35.5 Å². The van der Waals surface area contributed by atoms with Crippen LogP contribution in [0.25, 0.3) is 0 Å². The van der Waals surface area contributed by atoms with Crippen molar-refractivity contribution in [3.63, 3.8) is 0 Å². The largest absolute Gasteiger partial charge is 0.462 e. The summed E-state index contributed by atoms with van der Waals surface area (Å²) in [4.78, 5) is 113. The molecule has 6 bridgehead atoms. The molecule has 12 rings (SSSR count). The average molecular weight is 1110 g/mol. The monoisotopic (exact) mass is 1110 g/mol. The van der Waals surface area contributed by atoms with E-state index in [4.69, 9.17) is 42.6 Å². The van der Waals surface area contributed by atoms with Crippen LogP contribution in [0.4, 0.5) is 0 Å². The molecule has 0 aromatic carbocycles. The van der Waals surface area contributed by atoms with E-state index in [-0.39, 0.29) is 125 Å². The van der Waals surface area contributed by atoms with E-state index in [1.807, 2.05) is 48.5 Å². The Morgan fingerprint density at radius 1 is 0.468 bits per heavy atom. The summed E-state index contributed by atoms with van der Waals surface area (Å²) >= 11 is 0. The molecule has 9 saturated carbocycles. The number of ether oxygens (including phenoxy) is 9. The molecule has 3 heterocycles. The van der Waals surface area contributed by atoms with Gasteiger partial charge in [0.2, 0.25) is 0 Å². The number of hydrogen-bond donors (Lipinski definition) is 0. The molecule has 0 aromatic heterocycles. The third-order valence-corrected chi connectivity index (χ3v) is 21.6. The van der Waals surface area contributed by atoms with Crippen LogP contribution in [0.5, 0.6) is 0 Å². The minimum atomic E-state index is -0.543. The van der Waals surface area contributed by atoms with Crippen LogP contribution in [0.2, 0.25) is 0 Å². The fraction of sp³-hybridized carbons (Fsp3) is 0.852. The first-order chi connectivity index (χ1) is 37.8. The van der Waals surface area contributed by atoms with E-state index in [2.05, 4.69) is 6.92 Å². The molecule has 3 aliphatic heterocycles. The lowest BCUT2D eigenvalue weighted by atomic mass is 9.78. The van der Waals surface area contributed by atoms with Crippen molar-refractivity contribution < 1.29 is 85.8 Å². The lowest BCUT2D eigenvalue weighted by Gasteiger charge is -2.34. The van der Waals surface area contributed by atoms with Gasteiger partial charge in [-0.05, 0) is 129 Å². The van der Waals surface area contributed by atoms with Crippen molar-refractivity contribution in [3.05, 3.63) is 0 Å². The van der Waals surface area contributed by atoms with Crippen molar-refractivity contribution in [1.29, 1.82) is 0 Å². The molecule has 3 saturated heterocycles. The van der Waals surface area contributed by atoms with Gasteiger partial charge in [-0.2, -0.15) is 0 Å². The molecule has 0 spiro atoms. The highest BCUT2D eigenvalue weighted by atomic mass is 16.6. The van der Waals surface area contributed by atoms with Gasteiger partial charge < -0.3 is 42.6 Å². The van der Waals surface area contributed by atoms with Crippen LogP contribution in [0, 0.1) is 88.8 Å². The molecule has 0 N–H and O–H groups in total. The van der Waals surface area contributed by atoms with Crippen LogP contribution >= 0.6 is 0 Å². The predicted octanol–water partition coefficient (Wildman–Crippen LogP) is 8.27. The second-order valence-corrected chi connectivity index (χ2v) is 26.1. The second-order valence-electron chi connectivity index (χ2n) is 26.1. The van der Waals surface area contributed by atoms with Gasteiger partial charge in [0.05, 0.1) is 53.3 Å². The Balaban J connectivity index is 0.000000134. The fourth-order valence-electron chi connectivity index (χ4n) is 16.4. The molecule has 9 aliphatic carbocycles. The third kappa shape index (κ3) is 10.5.